The monoisotopic (exact) mass is 308 g/mol. The minimum absolute atomic E-state index is 0.370. The van der Waals surface area contributed by atoms with Crippen molar-refractivity contribution in [2.75, 3.05) is 26.2 Å². The van der Waals surface area contributed by atoms with Crippen LogP contribution in [0.1, 0.15) is 23.6 Å². The molecule has 21 heavy (non-hydrogen) atoms. The molecule has 0 aliphatic carbocycles. The summed E-state index contributed by atoms with van der Waals surface area (Å²) in [5.74, 6) is 0. The third-order valence-electron chi connectivity index (χ3n) is 3.62. The fourth-order valence-electron chi connectivity index (χ4n) is 2.55. The van der Waals surface area contributed by atoms with Gasteiger partial charge >= 0.3 is 6.18 Å². The Hall–Kier alpha value is -1.21. The standard InChI is InChI=1S/C14H17F5N2/c15-13(16)9-12(21-7-5-20-6-8-21)10-1-3-11(4-2-10)14(17,18)19/h1-4,12-13,20H,5-9H2/t12-/m0/s1. The highest BCUT2D eigenvalue weighted by Crippen LogP contribution is 2.32. The normalized spacial score (nSPS) is 19.0. The molecule has 0 radical (unpaired) electrons. The number of hydrogen-bond acceptors (Lipinski definition) is 2. The summed E-state index contributed by atoms with van der Waals surface area (Å²) in [6.07, 6.45) is -7.27. The van der Waals surface area contributed by atoms with Gasteiger partial charge < -0.3 is 5.32 Å². The SMILES string of the molecule is FC(F)C[C@@H](c1ccc(C(F)(F)F)cc1)N1CCNCC1. The van der Waals surface area contributed by atoms with E-state index in [4.69, 9.17) is 0 Å². The van der Waals surface area contributed by atoms with Crippen molar-refractivity contribution in [3.63, 3.8) is 0 Å². The molecule has 2 rings (SSSR count). The van der Waals surface area contributed by atoms with Gasteiger partial charge in [0.25, 0.3) is 0 Å². The highest BCUT2D eigenvalue weighted by molar-refractivity contribution is 5.27. The molecule has 0 saturated carbocycles. The Morgan fingerprint density at radius 1 is 1.05 bits per heavy atom. The second-order valence-electron chi connectivity index (χ2n) is 5.05. The number of halogens is 5. The van der Waals surface area contributed by atoms with Crippen LogP contribution in [0.15, 0.2) is 24.3 Å². The molecule has 7 heteroatoms. The van der Waals surface area contributed by atoms with Gasteiger partial charge in [0, 0.05) is 38.6 Å². The lowest BCUT2D eigenvalue weighted by Crippen LogP contribution is -2.45. The highest BCUT2D eigenvalue weighted by Gasteiger charge is 2.31. The molecule has 0 bridgehead atoms. The summed E-state index contributed by atoms with van der Waals surface area (Å²) in [6, 6.07) is 3.97. The summed E-state index contributed by atoms with van der Waals surface area (Å²) in [5.41, 5.74) is -0.257. The maximum absolute atomic E-state index is 12.8. The van der Waals surface area contributed by atoms with Gasteiger partial charge in [0.05, 0.1) is 5.56 Å². The Bertz CT molecular complexity index is 438. The topological polar surface area (TPSA) is 15.3 Å². The Kier molecular flexibility index (Phi) is 5.16. The van der Waals surface area contributed by atoms with Gasteiger partial charge in [-0.25, -0.2) is 8.78 Å². The molecule has 1 heterocycles. The lowest BCUT2D eigenvalue weighted by molar-refractivity contribution is -0.137. The van der Waals surface area contributed by atoms with E-state index < -0.39 is 24.2 Å². The predicted octanol–water partition coefficient (Wildman–Crippen LogP) is 3.31. The minimum atomic E-state index is -4.41. The van der Waals surface area contributed by atoms with E-state index in [2.05, 4.69) is 5.32 Å². The molecule has 1 aromatic carbocycles. The number of nitrogens with one attached hydrogen (secondary N) is 1. The summed E-state index contributed by atoms with van der Waals surface area (Å²) in [6.45, 7) is 2.61. The average Bonchev–Trinajstić information content (AvgIpc) is 2.45. The van der Waals surface area contributed by atoms with Crippen molar-refractivity contribution in [3.8, 4) is 0 Å². The van der Waals surface area contributed by atoms with Gasteiger partial charge in [-0.05, 0) is 17.7 Å². The molecule has 1 atom stereocenters. The molecule has 0 unspecified atom stereocenters. The molecule has 118 valence electrons. The van der Waals surface area contributed by atoms with Gasteiger partial charge in [-0.2, -0.15) is 13.2 Å². The van der Waals surface area contributed by atoms with E-state index in [0.29, 0.717) is 31.7 Å². The summed E-state index contributed by atoms with van der Waals surface area (Å²) < 4.78 is 63.2. The van der Waals surface area contributed by atoms with Gasteiger partial charge in [-0.3, -0.25) is 4.90 Å². The van der Waals surface area contributed by atoms with E-state index in [1.165, 1.54) is 12.1 Å². The Balaban J connectivity index is 2.19. The first kappa shape index (κ1) is 16.2. The van der Waals surface area contributed by atoms with Crippen molar-refractivity contribution in [3.05, 3.63) is 35.4 Å². The van der Waals surface area contributed by atoms with Crippen LogP contribution in [-0.2, 0) is 6.18 Å². The van der Waals surface area contributed by atoms with Crippen LogP contribution in [0, 0.1) is 0 Å². The largest absolute Gasteiger partial charge is 0.416 e. The van der Waals surface area contributed by atoms with Gasteiger partial charge in [0.1, 0.15) is 0 Å². The molecule has 1 aromatic rings. The lowest BCUT2D eigenvalue weighted by Gasteiger charge is -2.35. The van der Waals surface area contributed by atoms with Gasteiger partial charge in [0.2, 0.25) is 6.43 Å². The first-order chi connectivity index (χ1) is 9.88. The van der Waals surface area contributed by atoms with Crippen LogP contribution in [0.2, 0.25) is 0 Å². The Morgan fingerprint density at radius 3 is 2.10 bits per heavy atom. The second-order valence-corrected chi connectivity index (χ2v) is 5.05. The molecular weight excluding hydrogens is 291 g/mol. The van der Waals surface area contributed by atoms with E-state index in [-0.39, 0.29) is 6.42 Å². The molecule has 0 spiro atoms. The quantitative estimate of drug-likeness (QED) is 0.859. The Labute approximate surface area is 119 Å². The van der Waals surface area contributed by atoms with Gasteiger partial charge in [-0.15, -0.1) is 0 Å². The van der Waals surface area contributed by atoms with Gasteiger partial charge in [0.15, 0.2) is 0 Å². The predicted molar refractivity (Wildman–Crippen MR) is 69.2 cm³/mol. The maximum Gasteiger partial charge on any atom is 0.416 e. The number of alkyl halides is 5. The number of nitrogens with zero attached hydrogens (tertiary/aromatic N) is 1. The van der Waals surface area contributed by atoms with E-state index in [9.17, 15) is 22.0 Å². The van der Waals surface area contributed by atoms with E-state index in [0.717, 1.165) is 12.1 Å². The third kappa shape index (κ3) is 4.38. The molecule has 1 N–H and O–H groups in total. The molecule has 1 fully saturated rings. The zero-order valence-electron chi connectivity index (χ0n) is 11.3. The van der Waals surface area contributed by atoms with Crippen LogP contribution in [0.5, 0.6) is 0 Å². The highest BCUT2D eigenvalue weighted by atomic mass is 19.4. The first-order valence-electron chi connectivity index (χ1n) is 6.78. The molecule has 1 saturated heterocycles. The smallest absolute Gasteiger partial charge is 0.314 e. The molecule has 0 aromatic heterocycles. The maximum atomic E-state index is 12.8. The van der Waals surface area contributed by atoms with Crippen molar-refractivity contribution >= 4 is 0 Å². The minimum Gasteiger partial charge on any atom is -0.314 e. The first-order valence-corrected chi connectivity index (χ1v) is 6.78. The lowest BCUT2D eigenvalue weighted by atomic mass is 10.00. The van der Waals surface area contributed by atoms with Crippen molar-refractivity contribution in [1.29, 1.82) is 0 Å². The summed E-state index contributed by atoms with van der Waals surface area (Å²) in [4.78, 5) is 1.89. The molecule has 1 aliphatic heterocycles. The zero-order chi connectivity index (χ0) is 15.5. The van der Waals surface area contributed by atoms with E-state index >= 15 is 0 Å². The van der Waals surface area contributed by atoms with Crippen LogP contribution in [0.4, 0.5) is 22.0 Å². The third-order valence-corrected chi connectivity index (χ3v) is 3.62. The summed E-state index contributed by atoms with van der Waals surface area (Å²) >= 11 is 0. The number of rotatable bonds is 4. The number of piperazine rings is 1. The van der Waals surface area contributed by atoms with Gasteiger partial charge in [-0.1, -0.05) is 12.1 Å². The van der Waals surface area contributed by atoms with Crippen LogP contribution >= 0.6 is 0 Å². The number of benzene rings is 1. The van der Waals surface area contributed by atoms with E-state index in [1.807, 2.05) is 4.90 Å². The van der Waals surface area contributed by atoms with Crippen molar-refractivity contribution in [1.82, 2.24) is 10.2 Å². The molecule has 0 amide bonds. The van der Waals surface area contributed by atoms with E-state index in [1.54, 1.807) is 0 Å². The number of hydrogen-bond donors (Lipinski definition) is 1. The van der Waals surface area contributed by atoms with Crippen LogP contribution in [-0.4, -0.2) is 37.5 Å². The van der Waals surface area contributed by atoms with Crippen LogP contribution in [0.25, 0.3) is 0 Å². The molecule has 2 nitrogen and oxygen atoms in total. The fraction of sp³-hybridized carbons (Fsp3) is 0.571. The summed E-state index contributed by atoms with van der Waals surface area (Å²) in [7, 11) is 0. The molecule has 1 aliphatic rings. The average molecular weight is 308 g/mol. The second kappa shape index (κ2) is 6.70. The van der Waals surface area contributed by atoms with Crippen LogP contribution < -0.4 is 5.32 Å². The fourth-order valence-corrected chi connectivity index (χ4v) is 2.55. The Morgan fingerprint density at radius 2 is 1.62 bits per heavy atom. The zero-order valence-corrected chi connectivity index (χ0v) is 11.3. The van der Waals surface area contributed by atoms with Crippen molar-refractivity contribution < 1.29 is 22.0 Å². The van der Waals surface area contributed by atoms with Crippen molar-refractivity contribution in [2.45, 2.75) is 25.1 Å². The molecular formula is C14H17F5N2. The van der Waals surface area contributed by atoms with Crippen molar-refractivity contribution in [2.24, 2.45) is 0 Å². The van der Waals surface area contributed by atoms with Crippen LogP contribution in [0.3, 0.4) is 0 Å². The summed E-state index contributed by atoms with van der Waals surface area (Å²) in [5, 5.41) is 3.13.